The molecule has 2 rings (SSSR count). The Hall–Kier alpha value is -1.23. The van der Waals surface area contributed by atoms with Crippen LogP contribution >= 0.6 is 27.5 Å². The quantitative estimate of drug-likeness (QED) is 0.875. The molecule has 106 valence electrons. The highest BCUT2D eigenvalue weighted by Crippen LogP contribution is 2.31. The third kappa shape index (κ3) is 3.45. The van der Waals surface area contributed by atoms with Crippen LogP contribution in [0.1, 0.15) is 11.1 Å². The van der Waals surface area contributed by atoms with Gasteiger partial charge in [-0.1, -0.05) is 23.7 Å². The van der Waals surface area contributed by atoms with Crippen molar-refractivity contribution >= 4 is 27.5 Å². The molecule has 0 aliphatic carbocycles. The van der Waals surface area contributed by atoms with E-state index in [2.05, 4.69) is 15.9 Å². The van der Waals surface area contributed by atoms with E-state index in [0.29, 0.717) is 18.2 Å². The van der Waals surface area contributed by atoms with Crippen molar-refractivity contribution < 1.29 is 9.47 Å². The van der Waals surface area contributed by atoms with Crippen molar-refractivity contribution in [3.63, 3.8) is 0 Å². The smallest absolute Gasteiger partial charge is 0.138 e. The van der Waals surface area contributed by atoms with E-state index in [0.717, 1.165) is 27.1 Å². The molecule has 0 radical (unpaired) electrons. The lowest BCUT2D eigenvalue weighted by Crippen LogP contribution is -2.04. The van der Waals surface area contributed by atoms with Gasteiger partial charge in [-0.25, -0.2) is 0 Å². The maximum atomic E-state index is 6.01. The first-order chi connectivity index (χ1) is 9.65. The van der Waals surface area contributed by atoms with E-state index in [-0.39, 0.29) is 0 Å². The standard InChI is InChI=1S/C15H15BrClNO2/c1-19-14-6-5-12(17)7-11(14)9-20-15-10(8-18)3-2-4-13(15)16/h2-7H,8-9,18H2,1H3. The topological polar surface area (TPSA) is 44.5 Å². The lowest BCUT2D eigenvalue weighted by molar-refractivity contribution is 0.292. The average Bonchev–Trinajstić information content (AvgIpc) is 2.46. The Morgan fingerprint density at radius 1 is 1.20 bits per heavy atom. The van der Waals surface area contributed by atoms with Gasteiger partial charge >= 0.3 is 0 Å². The van der Waals surface area contributed by atoms with Crippen molar-refractivity contribution in [2.45, 2.75) is 13.2 Å². The minimum atomic E-state index is 0.360. The number of nitrogens with two attached hydrogens (primary N) is 1. The molecule has 0 aliphatic rings. The Kier molecular flexibility index (Phi) is 5.29. The van der Waals surface area contributed by atoms with Gasteiger partial charge in [0.2, 0.25) is 0 Å². The second-order valence-electron chi connectivity index (χ2n) is 4.18. The van der Waals surface area contributed by atoms with Gasteiger partial charge in [-0.05, 0) is 40.2 Å². The highest BCUT2D eigenvalue weighted by Gasteiger charge is 2.10. The van der Waals surface area contributed by atoms with Gasteiger partial charge in [-0.2, -0.15) is 0 Å². The molecule has 2 N–H and O–H groups in total. The number of hydrogen-bond acceptors (Lipinski definition) is 3. The van der Waals surface area contributed by atoms with Crippen LogP contribution in [0.5, 0.6) is 11.5 Å². The first kappa shape index (κ1) is 15.2. The molecule has 0 aromatic heterocycles. The Labute approximate surface area is 131 Å². The number of ether oxygens (including phenoxy) is 2. The van der Waals surface area contributed by atoms with Crippen LogP contribution in [0.2, 0.25) is 5.02 Å². The van der Waals surface area contributed by atoms with Gasteiger partial charge in [0.1, 0.15) is 18.1 Å². The molecule has 5 heteroatoms. The summed E-state index contributed by atoms with van der Waals surface area (Å²) < 4.78 is 12.1. The third-order valence-corrected chi connectivity index (χ3v) is 3.74. The van der Waals surface area contributed by atoms with Crippen LogP contribution in [0.4, 0.5) is 0 Å². The van der Waals surface area contributed by atoms with E-state index >= 15 is 0 Å². The van der Waals surface area contributed by atoms with Crippen molar-refractivity contribution in [2.75, 3.05) is 7.11 Å². The number of rotatable bonds is 5. The van der Waals surface area contributed by atoms with Crippen molar-refractivity contribution in [2.24, 2.45) is 5.73 Å². The van der Waals surface area contributed by atoms with Gasteiger partial charge in [-0.15, -0.1) is 0 Å². The molecule has 0 aliphatic heterocycles. The van der Waals surface area contributed by atoms with Crippen LogP contribution < -0.4 is 15.2 Å². The summed E-state index contributed by atoms with van der Waals surface area (Å²) in [6.07, 6.45) is 0. The van der Waals surface area contributed by atoms with Crippen LogP contribution in [0, 0.1) is 0 Å². The monoisotopic (exact) mass is 355 g/mol. The summed E-state index contributed by atoms with van der Waals surface area (Å²) in [5, 5.41) is 0.649. The molecular weight excluding hydrogens is 342 g/mol. The lowest BCUT2D eigenvalue weighted by Gasteiger charge is -2.14. The SMILES string of the molecule is COc1ccc(Cl)cc1COc1c(Br)cccc1CN. The summed E-state index contributed by atoms with van der Waals surface area (Å²) >= 11 is 9.48. The zero-order valence-corrected chi connectivity index (χ0v) is 13.4. The van der Waals surface area contributed by atoms with Crippen LogP contribution in [0.25, 0.3) is 0 Å². The molecule has 0 unspecified atom stereocenters. The average molecular weight is 357 g/mol. The lowest BCUT2D eigenvalue weighted by atomic mass is 10.2. The Morgan fingerprint density at radius 2 is 2.00 bits per heavy atom. The maximum absolute atomic E-state index is 6.01. The van der Waals surface area contributed by atoms with Crippen LogP contribution in [0.15, 0.2) is 40.9 Å². The fourth-order valence-electron chi connectivity index (χ4n) is 1.89. The van der Waals surface area contributed by atoms with Gasteiger partial charge in [-0.3, -0.25) is 0 Å². The molecular formula is C15H15BrClNO2. The number of para-hydroxylation sites is 1. The zero-order chi connectivity index (χ0) is 14.5. The van der Waals surface area contributed by atoms with Gasteiger partial charge in [0.05, 0.1) is 11.6 Å². The first-order valence-corrected chi connectivity index (χ1v) is 7.25. The minimum absolute atomic E-state index is 0.360. The van der Waals surface area contributed by atoms with Crippen molar-refractivity contribution in [3.8, 4) is 11.5 Å². The molecule has 0 atom stereocenters. The molecule has 0 amide bonds. The summed E-state index contributed by atoms with van der Waals surface area (Å²) in [4.78, 5) is 0. The van der Waals surface area contributed by atoms with Gasteiger partial charge in [0.25, 0.3) is 0 Å². The number of halogens is 2. The second-order valence-corrected chi connectivity index (χ2v) is 5.47. The Bertz CT molecular complexity index is 604. The van der Waals surface area contributed by atoms with E-state index in [1.165, 1.54) is 0 Å². The van der Waals surface area contributed by atoms with Crippen LogP contribution in [0.3, 0.4) is 0 Å². The third-order valence-electron chi connectivity index (χ3n) is 2.88. The Morgan fingerprint density at radius 3 is 2.70 bits per heavy atom. The largest absolute Gasteiger partial charge is 0.496 e. The van der Waals surface area contributed by atoms with Gasteiger partial charge in [0, 0.05) is 22.7 Å². The predicted molar refractivity (Wildman–Crippen MR) is 84.4 cm³/mol. The molecule has 20 heavy (non-hydrogen) atoms. The maximum Gasteiger partial charge on any atom is 0.138 e. The van der Waals surface area contributed by atoms with E-state index in [4.69, 9.17) is 26.8 Å². The first-order valence-electron chi connectivity index (χ1n) is 6.08. The predicted octanol–water partition coefficient (Wildman–Crippen LogP) is 4.15. The molecule has 0 spiro atoms. The highest BCUT2D eigenvalue weighted by atomic mass is 79.9. The highest BCUT2D eigenvalue weighted by molar-refractivity contribution is 9.10. The molecule has 0 saturated heterocycles. The van der Waals surface area contributed by atoms with E-state index in [1.54, 1.807) is 13.2 Å². The van der Waals surface area contributed by atoms with Crippen molar-refractivity contribution in [1.82, 2.24) is 0 Å². The Balaban J connectivity index is 2.23. The molecule has 0 saturated carbocycles. The van der Waals surface area contributed by atoms with Gasteiger partial charge in [0.15, 0.2) is 0 Å². The number of hydrogen-bond donors (Lipinski definition) is 1. The van der Waals surface area contributed by atoms with Gasteiger partial charge < -0.3 is 15.2 Å². The number of benzene rings is 2. The molecule has 0 bridgehead atoms. The normalized spacial score (nSPS) is 10.4. The summed E-state index contributed by atoms with van der Waals surface area (Å²) in [6, 6.07) is 11.2. The van der Waals surface area contributed by atoms with Crippen molar-refractivity contribution in [1.29, 1.82) is 0 Å². The molecule has 2 aromatic rings. The van der Waals surface area contributed by atoms with Crippen LogP contribution in [-0.2, 0) is 13.2 Å². The fourth-order valence-corrected chi connectivity index (χ4v) is 2.60. The summed E-state index contributed by atoms with van der Waals surface area (Å²) in [6.45, 7) is 0.779. The number of methoxy groups -OCH3 is 1. The molecule has 0 heterocycles. The molecule has 2 aromatic carbocycles. The van der Waals surface area contributed by atoms with Crippen molar-refractivity contribution in [3.05, 3.63) is 57.0 Å². The van der Waals surface area contributed by atoms with E-state index < -0.39 is 0 Å². The van der Waals surface area contributed by atoms with Crippen LogP contribution in [-0.4, -0.2) is 7.11 Å². The molecule has 0 fully saturated rings. The second kappa shape index (κ2) is 6.97. The fraction of sp³-hybridized carbons (Fsp3) is 0.200. The molecule has 3 nitrogen and oxygen atoms in total. The summed E-state index contributed by atoms with van der Waals surface area (Å²) in [5.74, 6) is 1.49. The van der Waals surface area contributed by atoms with E-state index in [9.17, 15) is 0 Å². The zero-order valence-electron chi connectivity index (χ0n) is 11.0. The summed E-state index contributed by atoms with van der Waals surface area (Å²) in [7, 11) is 1.62. The summed E-state index contributed by atoms with van der Waals surface area (Å²) in [5.41, 5.74) is 7.55. The minimum Gasteiger partial charge on any atom is -0.496 e. The van der Waals surface area contributed by atoms with E-state index in [1.807, 2.05) is 30.3 Å².